The van der Waals surface area contributed by atoms with Gasteiger partial charge < -0.3 is 9.64 Å². The summed E-state index contributed by atoms with van der Waals surface area (Å²) in [5.41, 5.74) is 0.0937. The number of nitrogens with zero attached hydrogens (tertiary/aromatic N) is 2. The fourth-order valence-corrected chi connectivity index (χ4v) is 3.67. The number of hydrogen-bond acceptors (Lipinski definition) is 5. The van der Waals surface area contributed by atoms with Crippen LogP contribution in [0.2, 0.25) is 0 Å². The second-order valence-corrected chi connectivity index (χ2v) is 7.61. The van der Waals surface area contributed by atoms with Crippen LogP contribution in [0.15, 0.2) is 41.3 Å². The fourth-order valence-electron chi connectivity index (χ4n) is 2.50. The number of benzene rings is 2. The Balaban J connectivity index is 0.00000420. The molecule has 0 saturated heterocycles. The van der Waals surface area contributed by atoms with E-state index in [1.54, 1.807) is 0 Å². The zero-order valence-electron chi connectivity index (χ0n) is 16.0. The van der Waals surface area contributed by atoms with Crippen LogP contribution in [0.1, 0.15) is 19.4 Å². The van der Waals surface area contributed by atoms with E-state index in [2.05, 4.69) is 4.72 Å². The third kappa shape index (κ3) is 6.65. The first kappa shape index (κ1) is 24.8. The Kier molecular flexibility index (Phi) is 9.46. The van der Waals surface area contributed by atoms with Crippen molar-refractivity contribution in [2.45, 2.75) is 18.7 Å². The minimum absolute atomic E-state index is 0. The number of ether oxygens (including phenoxy) is 1. The fraction of sp³-hybridized carbons (Fsp3) is 0.316. The summed E-state index contributed by atoms with van der Waals surface area (Å²) in [5.74, 6) is -2.24. The number of sulfonamides is 1. The van der Waals surface area contributed by atoms with Gasteiger partial charge in [-0.1, -0.05) is 13.8 Å². The van der Waals surface area contributed by atoms with E-state index in [1.807, 2.05) is 24.8 Å². The molecule has 1 N–H and O–H groups in total. The Labute approximate surface area is 175 Å². The molecule has 0 aromatic heterocycles. The third-order valence-electron chi connectivity index (χ3n) is 4.09. The van der Waals surface area contributed by atoms with Crippen LogP contribution in [0.5, 0.6) is 11.5 Å². The third-order valence-corrected chi connectivity index (χ3v) is 5.57. The summed E-state index contributed by atoms with van der Waals surface area (Å²) in [6.07, 6.45) is 0. The highest BCUT2D eigenvalue weighted by Crippen LogP contribution is 2.31. The van der Waals surface area contributed by atoms with E-state index >= 15 is 0 Å². The summed E-state index contributed by atoms with van der Waals surface area (Å²) in [6, 6.07) is 8.18. The van der Waals surface area contributed by atoms with E-state index in [9.17, 15) is 17.2 Å². The van der Waals surface area contributed by atoms with Crippen LogP contribution in [-0.4, -0.2) is 39.5 Å². The van der Waals surface area contributed by atoms with Crippen molar-refractivity contribution in [3.63, 3.8) is 0 Å². The summed E-state index contributed by atoms with van der Waals surface area (Å²) < 4.78 is 60.5. The molecule has 0 atom stereocenters. The van der Waals surface area contributed by atoms with Gasteiger partial charge in [0.1, 0.15) is 16.5 Å². The lowest BCUT2D eigenvalue weighted by Gasteiger charge is -2.18. The van der Waals surface area contributed by atoms with Crippen LogP contribution in [0.4, 0.5) is 8.78 Å². The van der Waals surface area contributed by atoms with Crippen LogP contribution >= 0.6 is 12.4 Å². The van der Waals surface area contributed by atoms with Gasteiger partial charge in [0.05, 0.1) is 11.6 Å². The second-order valence-electron chi connectivity index (χ2n) is 5.87. The van der Waals surface area contributed by atoms with Crippen LogP contribution in [0.25, 0.3) is 0 Å². The largest absolute Gasteiger partial charge is 0.453 e. The molecule has 0 amide bonds. The molecule has 2 aromatic carbocycles. The van der Waals surface area contributed by atoms with Gasteiger partial charge in [-0.3, -0.25) is 0 Å². The summed E-state index contributed by atoms with van der Waals surface area (Å²) in [7, 11) is -4.05. The topological polar surface area (TPSA) is 82.4 Å². The van der Waals surface area contributed by atoms with Crippen molar-refractivity contribution < 1.29 is 21.9 Å². The van der Waals surface area contributed by atoms with Crippen molar-refractivity contribution in [2.75, 3.05) is 26.2 Å². The van der Waals surface area contributed by atoms with Gasteiger partial charge in [0, 0.05) is 19.2 Å². The van der Waals surface area contributed by atoms with Crippen molar-refractivity contribution in [1.82, 2.24) is 9.62 Å². The number of nitriles is 1. The van der Waals surface area contributed by atoms with Crippen molar-refractivity contribution in [3.05, 3.63) is 53.6 Å². The molecule has 2 aromatic rings. The molecule has 2 rings (SSSR count). The number of likely N-dealkylation sites (N-methyl/N-ethyl adjacent to an activating group) is 1. The predicted octanol–water partition coefficient (Wildman–Crippen LogP) is 3.67. The zero-order valence-corrected chi connectivity index (χ0v) is 17.6. The molecule has 10 heteroatoms. The molecule has 0 heterocycles. The first-order valence-electron chi connectivity index (χ1n) is 8.69. The molecule has 29 heavy (non-hydrogen) atoms. The number of halogens is 3. The maximum Gasteiger partial charge on any atom is 0.244 e. The van der Waals surface area contributed by atoms with Crippen LogP contribution < -0.4 is 9.46 Å². The minimum atomic E-state index is -4.05. The van der Waals surface area contributed by atoms with Gasteiger partial charge in [0.25, 0.3) is 0 Å². The van der Waals surface area contributed by atoms with E-state index in [0.29, 0.717) is 6.54 Å². The predicted molar refractivity (Wildman–Crippen MR) is 108 cm³/mol. The van der Waals surface area contributed by atoms with E-state index < -0.39 is 27.4 Å². The normalized spacial score (nSPS) is 11.0. The van der Waals surface area contributed by atoms with Gasteiger partial charge in [-0.2, -0.15) is 5.26 Å². The van der Waals surface area contributed by atoms with E-state index in [1.165, 1.54) is 12.1 Å². The summed E-state index contributed by atoms with van der Waals surface area (Å²) in [6.45, 7) is 6.12. The van der Waals surface area contributed by atoms with Crippen LogP contribution in [0.3, 0.4) is 0 Å². The molecule has 0 bridgehead atoms. The van der Waals surface area contributed by atoms with E-state index in [0.717, 1.165) is 37.4 Å². The Morgan fingerprint density at radius 3 is 2.41 bits per heavy atom. The molecule has 0 aliphatic heterocycles. The highest BCUT2D eigenvalue weighted by molar-refractivity contribution is 7.89. The van der Waals surface area contributed by atoms with Crippen LogP contribution in [0, 0.1) is 23.0 Å². The Morgan fingerprint density at radius 1 is 1.10 bits per heavy atom. The molecule has 158 valence electrons. The second kappa shape index (κ2) is 11.1. The smallest absolute Gasteiger partial charge is 0.244 e. The Bertz CT molecular complexity index is 977. The molecule has 0 spiro atoms. The summed E-state index contributed by atoms with van der Waals surface area (Å²) >= 11 is 0. The van der Waals surface area contributed by atoms with Crippen molar-refractivity contribution in [3.8, 4) is 17.6 Å². The average molecular weight is 446 g/mol. The molecule has 0 aliphatic rings. The summed E-state index contributed by atoms with van der Waals surface area (Å²) in [4.78, 5) is 1.71. The lowest BCUT2D eigenvalue weighted by Crippen LogP contribution is -2.34. The van der Waals surface area contributed by atoms with Gasteiger partial charge in [-0.15, -0.1) is 12.4 Å². The maximum absolute atomic E-state index is 13.9. The van der Waals surface area contributed by atoms with Gasteiger partial charge in [0.15, 0.2) is 11.6 Å². The lowest BCUT2D eigenvalue weighted by molar-refractivity contribution is 0.309. The van der Waals surface area contributed by atoms with Gasteiger partial charge in [0.2, 0.25) is 10.0 Å². The number of rotatable bonds is 9. The standard InChI is InChI=1S/C19H21F2N3O3S.ClH/c1-3-24(4-2)10-9-23-28(25,26)19-11-14(13-22)5-8-17(19)27-18-12-15(20)6-7-16(18)21;/h5-8,11-12,23H,3-4,9-10H2,1-2H3;1H. The first-order valence-corrected chi connectivity index (χ1v) is 10.2. The molecule has 6 nitrogen and oxygen atoms in total. The average Bonchev–Trinajstić information content (AvgIpc) is 2.68. The molecular formula is C19H22ClF2N3O3S. The summed E-state index contributed by atoms with van der Waals surface area (Å²) in [5, 5.41) is 9.08. The molecule has 0 fully saturated rings. The van der Waals surface area contributed by atoms with Crippen LogP contribution in [-0.2, 0) is 10.0 Å². The van der Waals surface area contributed by atoms with Gasteiger partial charge in [-0.05, 0) is 43.4 Å². The zero-order chi connectivity index (χ0) is 20.7. The quantitative estimate of drug-likeness (QED) is 0.636. The molecule has 0 saturated carbocycles. The molecular weight excluding hydrogens is 424 g/mol. The molecule has 0 aliphatic carbocycles. The number of hydrogen-bond donors (Lipinski definition) is 1. The minimum Gasteiger partial charge on any atom is -0.453 e. The van der Waals surface area contributed by atoms with Crippen molar-refractivity contribution in [2.24, 2.45) is 0 Å². The van der Waals surface area contributed by atoms with Gasteiger partial charge in [-0.25, -0.2) is 21.9 Å². The molecule has 0 unspecified atom stereocenters. The Morgan fingerprint density at radius 2 is 1.79 bits per heavy atom. The highest BCUT2D eigenvalue weighted by atomic mass is 35.5. The highest BCUT2D eigenvalue weighted by Gasteiger charge is 2.22. The van der Waals surface area contributed by atoms with Crippen molar-refractivity contribution >= 4 is 22.4 Å². The maximum atomic E-state index is 13.9. The van der Waals surface area contributed by atoms with Crippen molar-refractivity contribution in [1.29, 1.82) is 5.26 Å². The lowest BCUT2D eigenvalue weighted by atomic mass is 10.2. The van der Waals surface area contributed by atoms with Gasteiger partial charge >= 0.3 is 0 Å². The number of nitrogens with one attached hydrogen (secondary N) is 1. The molecule has 0 radical (unpaired) electrons. The SMILES string of the molecule is CCN(CC)CCNS(=O)(=O)c1cc(C#N)ccc1Oc1cc(F)ccc1F.Cl. The monoisotopic (exact) mass is 445 g/mol. The van der Waals surface area contributed by atoms with E-state index in [4.69, 9.17) is 10.00 Å². The van der Waals surface area contributed by atoms with E-state index in [-0.39, 0.29) is 35.2 Å². The first-order chi connectivity index (χ1) is 13.3. The Hall–Kier alpha value is -2.25.